The van der Waals surface area contributed by atoms with E-state index in [-0.39, 0.29) is 21.3 Å². The maximum Gasteiger partial charge on any atom is 0.336 e. The van der Waals surface area contributed by atoms with Crippen LogP contribution in [0, 0.1) is 0 Å². The fraction of sp³-hybridized carbons (Fsp3) is 0.190. The van der Waals surface area contributed by atoms with Crippen LogP contribution in [0.4, 0.5) is 10.5 Å². The number of hydrogen-bond donors (Lipinski definition) is 1. The summed E-state index contributed by atoms with van der Waals surface area (Å²) in [7, 11) is 0. The summed E-state index contributed by atoms with van der Waals surface area (Å²) in [5.41, 5.74) is 0.239. The number of amides is 4. The first-order valence-corrected chi connectivity index (χ1v) is 10.8. The molecule has 1 fully saturated rings. The van der Waals surface area contributed by atoms with Crippen molar-refractivity contribution in [1.82, 2.24) is 5.32 Å². The fourth-order valence-corrected chi connectivity index (χ4v) is 3.76. The van der Waals surface area contributed by atoms with Crippen molar-refractivity contribution in [1.29, 1.82) is 0 Å². The Kier molecular flexibility index (Phi) is 7.25. The fourth-order valence-electron chi connectivity index (χ4n) is 2.91. The van der Waals surface area contributed by atoms with Gasteiger partial charge in [-0.15, -0.1) is 0 Å². The topological polar surface area (TPSA) is 84.9 Å². The van der Waals surface area contributed by atoms with E-state index in [4.69, 9.17) is 32.7 Å². The third-order valence-corrected chi connectivity index (χ3v) is 5.67. The van der Waals surface area contributed by atoms with Crippen LogP contribution in [0.25, 0.3) is 6.08 Å². The summed E-state index contributed by atoms with van der Waals surface area (Å²) in [5.74, 6) is -0.719. The van der Waals surface area contributed by atoms with E-state index >= 15 is 0 Å². The largest absolute Gasteiger partial charge is 0.493 e. The van der Waals surface area contributed by atoms with E-state index < -0.39 is 17.8 Å². The van der Waals surface area contributed by atoms with Gasteiger partial charge in [0.05, 0.1) is 33.4 Å². The number of benzene rings is 2. The Morgan fingerprint density at radius 2 is 1.74 bits per heavy atom. The molecule has 1 aliphatic rings. The number of imide groups is 2. The summed E-state index contributed by atoms with van der Waals surface area (Å²) in [6.07, 6.45) is 1.35. The Morgan fingerprint density at radius 3 is 2.42 bits per heavy atom. The third kappa shape index (κ3) is 4.71. The van der Waals surface area contributed by atoms with Crippen molar-refractivity contribution >= 4 is 68.7 Å². The number of rotatable bonds is 6. The number of barbiturate groups is 1. The van der Waals surface area contributed by atoms with E-state index in [9.17, 15) is 14.4 Å². The first-order chi connectivity index (χ1) is 14.8. The zero-order valence-corrected chi connectivity index (χ0v) is 19.6. The van der Waals surface area contributed by atoms with Crippen LogP contribution in [0.15, 0.2) is 40.4 Å². The highest BCUT2D eigenvalue weighted by Gasteiger charge is 2.38. The van der Waals surface area contributed by atoms with Gasteiger partial charge in [0.25, 0.3) is 11.8 Å². The van der Waals surface area contributed by atoms with Crippen molar-refractivity contribution in [3.05, 3.63) is 56.0 Å². The number of nitrogens with zero attached hydrogens (tertiary/aromatic N) is 1. The van der Waals surface area contributed by atoms with E-state index in [1.165, 1.54) is 18.2 Å². The summed E-state index contributed by atoms with van der Waals surface area (Å²) in [4.78, 5) is 38.8. The number of halogens is 3. The Balaban J connectivity index is 2.10. The lowest BCUT2D eigenvalue weighted by Crippen LogP contribution is -2.54. The molecule has 10 heteroatoms. The standard InChI is InChI=1S/C21H17BrCl2N2O5/c1-3-30-16-10-17(31-4-2)13(22)9-11(16)8-12-19(27)25-21(29)26(20(12)28)15-7-5-6-14(23)18(15)24/h5-10H,3-4H2,1-2H3,(H,25,27,29)/b12-8+. The first-order valence-electron chi connectivity index (χ1n) is 9.23. The van der Waals surface area contributed by atoms with Crippen molar-refractivity contribution < 1.29 is 23.9 Å². The van der Waals surface area contributed by atoms with E-state index in [1.54, 1.807) is 25.1 Å². The Labute approximate surface area is 197 Å². The molecule has 7 nitrogen and oxygen atoms in total. The smallest absolute Gasteiger partial charge is 0.336 e. The van der Waals surface area contributed by atoms with Gasteiger partial charge in [0.2, 0.25) is 0 Å². The zero-order valence-electron chi connectivity index (χ0n) is 16.5. The summed E-state index contributed by atoms with van der Waals surface area (Å²) >= 11 is 15.6. The van der Waals surface area contributed by atoms with Gasteiger partial charge in [-0.05, 0) is 54.1 Å². The van der Waals surface area contributed by atoms with Gasteiger partial charge in [-0.25, -0.2) is 9.69 Å². The molecule has 3 rings (SSSR count). The summed E-state index contributed by atoms with van der Waals surface area (Å²) in [6.45, 7) is 4.45. The molecule has 0 radical (unpaired) electrons. The van der Waals surface area contributed by atoms with Gasteiger partial charge < -0.3 is 9.47 Å². The Hall–Kier alpha value is -2.55. The molecule has 1 saturated heterocycles. The van der Waals surface area contributed by atoms with Crippen LogP contribution in [0.1, 0.15) is 19.4 Å². The number of urea groups is 1. The van der Waals surface area contributed by atoms with Crippen molar-refractivity contribution in [3.8, 4) is 11.5 Å². The highest BCUT2D eigenvalue weighted by molar-refractivity contribution is 9.10. The summed E-state index contributed by atoms with van der Waals surface area (Å²) in [5, 5.41) is 2.33. The molecule has 0 unspecified atom stereocenters. The van der Waals surface area contributed by atoms with Crippen LogP contribution >= 0.6 is 39.1 Å². The van der Waals surface area contributed by atoms with Crippen LogP contribution in [0.2, 0.25) is 10.0 Å². The number of hydrogen-bond acceptors (Lipinski definition) is 5. The predicted molar refractivity (Wildman–Crippen MR) is 122 cm³/mol. The number of carbonyl (C=O) groups excluding carboxylic acids is 3. The minimum Gasteiger partial charge on any atom is -0.493 e. The molecule has 2 aromatic carbocycles. The zero-order chi connectivity index (χ0) is 22.7. The molecule has 31 heavy (non-hydrogen) atoms. The normalized spacial score (nSPS) is 15.3. The molecule has 0 saturated carbocycles. The van der Waals surface area contributed by atoms with Crippen molar-refractivity contribution in [2.24, 2.45) is 0 Å². The molecule has 1 aliphatic heterocycles. The molecule has 0 aliphatic carbocycles. The monoisotopic (exact) mass is 526 g/mol. The van der Waals surface area contributed by atoms with Crippen LogP contribution in [-0.2, 0) is 9.59 Å². The van der Waals surface area contributed by atoms with Gasteiger partial charge in [0.1, 0.15) is 17.1 Å². The number of carbonyl (C=O) groups is 3. The second-order valence-electron chi connectivity index (χ2n) is 6.22. The summed E-state index contributed by atoms with van der Waals surface area (Å²) in [6, 6.07) is 6.92. The molecule has 0 atom stereocenters. The van der Waals surface area contributed by atoms with Crippen LogP contribution in [-0.4, -0.2) is 31.1 Å². The van der Waals surface area contributed by atoms with Gasteiger partial charge in [-0.1, -0.05) is 29.3 Å². The van der Waals surface area contributed by atoms with E-state index in [0.717, 1.165) is 4.90 Å². The molecule has 0 spiro atoms. The maximum absolute atomic E-state index is 13.1. The molecule has 2 aromatic rings. The van der Waals surface area contributed by atoms with Gasteiger partial charge in [0, 0.05) is 11.6 Å². The lowest BCUT2D eigenvalue weighted by atomic mass is 10.1. The number of ether oxygens (including phenoxy) is 2. The number of anilines is 1. The highest BCUT2D eigenvalue weighted by atomic mass is 79.9. The second kappa shape index (κ2) is 9.72. The third-order valence-electron chi connectivity index (χ3n) is 4.24. The van der Waals surface area contributed by atoms with Gasteiger partial charge >= 0.3 is 6.03 Å². The quantitative estimate of drug-likeness (QED) is 0.411. The lowest BCUT2D eigenvalue weighted by Gasteiger charge is -2.27. The molecule has 0 aromatic heterocycles. The number of nitrogens with one attached hydrogen (secondary N) is 1. The average molecular weight is 528 g/mol. The van der Waals surface area contributed by atoms with Crippen molar-refractivity contribution in [2.75, 3.05) is 18.1 Å². The molecular weight excluding hydrogens is 511 g/mol. The molecule has 162 valence electrons. The molecular formula is C21H17BrCl2N2O5. The van der Waals surface area contributed by atoms with Gasteiger partial charge in [-0.3, -0.25) is 14.9 Å². The SMILES string of the molecule is CCOc1cc(OCC)c(/C=C2\C(=O)NC(=O)N(c3cccc(Cl)c3Cl)C2=O)cc1Br. The van der Waals surface area contributed by atoms with Crippen LogP contribution in [0.3, 0.4) is 0 Å². The minimum absolute atomic E-state index is 0.0141. The highest BCUT2D eigenvalue weighted by Crippen LogP contribution is 2.37. The molecule has 4 amide bonds. The van der Waals surface area contributed by atoms with Crippen molar-refractivity contribution in [3.63, 3.8) is 0 Å². The van der Waals surface area contributed by atoms with Crippen LogP contribution < -0.4 is 19.7 Å². The first kappa shape index (κ1) is 23.1. The molecule has 0 bridgehead atoms. The summed E-state index contributed by atoms with van der Waals surface area (Å²) < 4.78 is 11.8. The van der Waals surface area contributed by atoms with E-state index in [1.807, 2.05) is 6.92 Å². The van der Waals surface area contributed by atoms with Crippen LogP contribution in [0.5, 0.6) is 11.5 Å². The van der Waals surface area contributed by atoms with Gasteiger partial charge in [0.15, 0.2) is 0 Å². The van der Waals surface area contributed by atoms with E-state index in [2.05, 4.69) is 21.2 Å². The average Bonchev–Trinajstić information content (AvgIpc) is 2.71. The lowest BCUT2D eigenvalue weighted by molar-refractivity contribution is -0.122. The minimum atomic E-state index is -0.922. The van der Waals surface area contributed by atoms with Crippen molar-refractivity contribution in [2.45, 2.75) is 13.8 Å². The van der Waals surface area contributed by atoms with Gasteiger partial charge in [-0.2, -0.15) is 0 Å². The Morgan fingerprint density at radius 1 is 1.06 bits per heavy atom. The second-order valence-corrected chi connectivity index (χ2v) is 7.86. The molecule has 1 N–H and O–H groups in total. The molecule has 1 heterocycles. The van der Waals surface area contributed by atoms with E-state index in [0.29, 0.717) is 34.7 Å². The Bertz CT molecular complexity index is 1100. The maximum atomic E-state index is 13.1. The predicted octanol–water partition coefficient (Wildman–Crippen LogP) is 5.22.